The Morgan fingerprint density at radius 2 is 1.15 bits per heavy atom. The highest BCUT2D eigenvalue weighted by atomic mass is 32.2. The molecule has 3 nitrogen and oxygen atoms in total. The molecule has 0 saturated heterocycles. The Kier molecular flexibility index (Phi) is 10.7. The van der Waals surface area contributed by atoms with Crippen LogP contribution in [0.15, 0.2) is 106 Å². The van der Waals surface area contributed by atoms with Gasteiger partial charge in [-0.25, -0.2) is 8.42 Å². The lowest BCUT2D eigenvalue weighted by atomic mass is 10.4. The van der Waals surface area contributed by atoms with Gasteiger partial charge in [-0.05, 0) is 42.7 Å². The van der Waals surface area contributed by atoms with E-state index in [4.69, 9.17) is 0 Å². The molecule has 0 aliphatic carbocycles. The average molecular weight is 421 g/mol. The predicted molar refractivity (Wildman–Crippen MR) is 117 cm³/mol. The summed E-state index contributed by atoms with van der Waals surface area (Å²) >= 11 is 1.77. The topological polar surface area (TPSA) is 51.2 Å². The van der Waals surface area contributed by atoms with E-state index in [1.54, 1.807) is 48.3 Å². The first-order chi connectivity index (χ1) is 12.8. The fraction of sp³-hybridized carbons (Fsp3) is 0.143. The van der Waals surface area contributed by atoms with Crippen molar-refractivity contribution in [1.82, 2.24) is 0 Å². The van der Waals surface area contributed by atoms with Crippen LogP contribution < -0.4 is 0 Å². The van der Waals surface area contributed by atoms with Crippen LogP contribution in [0, 0.1) is 0 Å². The lowest BCUT2D eigenvalue weighted by Crippen LogP contribution is -1.95. The van der Waals surface area contributed by atoms with E-state index in [-0.39, 0.29) is 0 Å². The second kappa shape index (κ2) is 12.5. The molecule has 0 spiro atoms. The SMILES string of the molecule is CS(=O)(=O)c1ccccc1.CS(=O)c1ccccc1.CSc1ccccc1. The normalized spacial score (nSPS) is 11.2. The van der Waals surface area contributed by atoms with Crippen molar-refractivity contribution in [3.8, 4) is 0 Å². The molecule has 1 atom stereocenters. The Hall–Kier alpha value is -1.89. The summed E-state index contributed by atoms with van der Waals surface area (Å²) in [5.41, 5.74) is 0. The summed E-state index contributed by atoms with van der Waals surface area (Å²) in [6.07, 6.45) is 4.95. The van der Waals surface area contributed by atoms with Gasteiger partial charge in [-0.15, -0.1) is 11.8 Å². The van der Waals surface area contributed by atoms with E-state index in [0.717, 1.165) is 4.90 Å². The van der Waals surface area contributed by atoms with Crippen LogP contribution in [0.4, 0.5) is 0 Å². The predicted octanol–water partition coefficient (Wildman–Crippen LogP) is 4.92. The van der Waals surface area contributed by atoms with Crippen molar-refractivity contribution >= 4 is 32.4 Å². The highest BCUT2D eigenvalue weighted by Gasteiger charge is 2.02. The second-order valence-corrected chi connectivity index (χ2v) is 9.64. The standard InChI is InChI=1S/C7H8O2S.C7H8OS.C7H8S/c1-10(8,9)7-5-3-2-4-6-7;1-9(8)7-5-3-2-4-6-7;1-8-7-5-3-2-4-6-7/h2-6H,1H3;2-6H,1H3;2-6H,1H3. The van der Waals surface area contributed by atoms with Crippen LogP contribution in [0.2, 0.25) is 0 Å². The molecule has 6 heteroatoms. The number of hydrogen-bond donors (Lipinski definition) is 0. The Morgan fingerprint density at radius 3 is 1.41 bits per heavy atom. The average Bonchev–Trinajstić information content (AvgIpc) is 2.70. The van der Waals surface area contributed by atoms with Gasteiger partial charge in [0.2, 0.25) is 0 Å². The highest BCUT2D eigenvalue weighted by molar-refractivity contribution is 7.98. The number of sulfone groups is 1. The first kappa shape index (κ1) is 23.1. The fourth-order valence-electron chi connectivity index (χ4n) is 1.84. The van der Waals surface area contributed by atoms with Crippen LogP contribution >= 0.6 is 11.8 Å². The van der Waals surface area contributed by atoms with E-state index >= 15 is 0 Å². The molecular weight excluding hydrogens is 396 g/mol. The van der Waals surface area contributed by atoms with Gasteiger partial charge >= 0.3 is 0 Å². The Bertz CT molecular complexity index is 895. The van der Waals surface area contributed by atoms with Crippen LogP contribution in [0.1, 0.15) is 0 Å². The van der Waals surface area contributed by atoms with Gasteiger partial charge in [0.25, 0.3) is 0 Å². The molecule has 0 aromatic heterocycles. The van der Waals surface area contributed by atoms with Crippen molar-refractivity contribution in [3.63, 3.8) is 0 Å². The van der Waals surface area contributed by atoms with Gasteiger partial charge < -0.3 is 0 Å². The monoisotopic (exact) mass is 420 g/mol. The van der Waals surface area contributed by atoms with Crippen molar-refractivity contribution in [2.75, 3.05) is 18.8 Å². The number of hydrogen-bond acceptors (Lipinski definition) is 4. The molecule has 144 valence electrons. The minimum Gasteiger partial charge on any atom is -0.255 e. The Morgan fingerprint density at radius 1 is 0.741 bits per heavy atom. The van der Waals surface area contributed by atoms with Crippen LogP contribution in [-0.4, -0.2) is 31.4 Å². The molecule has 0 N–H and O–H groups in total. The summed E-state index contributed by atoms with van der Waals surface area (Å²) < 4.78 is 32.4. The van der Waals surface area contributed by atoms with E-state index in [9.17, 15) is 12.6 Å². The third kappa shape index (κ3) is 10.1. The van der Waals surface area contributed by atoms with Gasteiger partial charge in [0.15, 0.2) is 9.84 Å². The Balaban J connectivity index is 0.000000204. The lowest BCUT2D eigenvalue weighted by Gasteiger charge is -1.93. The van der Waals surface area contributed by atoms with E-state index in [2.05, 4.69) is 18.4 Å². The van der Waals surface area contributed by atoms with Crippen molar-refractivity contribution in [3.05, 3.63) is 91.0 Å². The molecule has 0 saturated carbocycles. The molecular formula is C21H24O3S3. The molecule has 0 radical (unpaired) electrons. The Labute approximate surface area is 169 Å². The van der Waals surface area contributed by atoms with Crippen molar-refractivity contribution in [2.45, 2.75) is 14.7 Å². The zero-order valence-electron chi connectivity index (χ0n) is 15.6. The maximum Gasteiger partial charge on any atom is 0.175 e. The molecule has 3 aromatic rings. The molecule has 0 aliphatic rings. The molecule has 0 bridgehead atoms. The fourth-order valence-corrected chi connectivity index (χ4v) is 3.46. The molecule has 3 aromatic carbocycles. The molecule has 0 fully saturated rings. The molecule has 0 amide bonds. The first-order valence-corrected chi connectivity index (χ1v) is 12.7. The van der Waals surface area contributed by atoms with Crippen LogP contribution in [0.25, 0.3) is 0 Å². The molecule has 3 rings (SSSR count). The lowest BCUT2D eigenvalue weighted by molar-refractivity contribution is 0.602. The maximum atomic E-state index is 10.8. The van der Waals surface area contributed by atoms with Gasteiger partial charge in [-0.1, -0.05) is 54.6 Å². The van der Waals surface area contributed by atoms with Gasteiger partial charge in [0.05, 0.1) is 4.90 Å². The summed E-state index contributed by atoms with van der Waals surface area (Å²) in [5.74, 6) is 0. The largest absolute Gasteiger partial charge is 0.255 e. The van der Waals surface area contributed by atoms with Crippen LogP contribution in [-0.2, 0) is 20.6 Å². The minimum atomic E-state index is -3.00. The van der Waals surface area contributed by atoms with E-state index in [0.29, 0.717) is 4.90 Å². The van der Waals surface area contributed by atoms with Gasteiger partial charge in [0, 0.05) is 33.1 Å². The zero-order valence-corrected chi connectivity index (χ0v) is 18.1. The molecule has 27 heavy (non-hydrogen) atoms. The quantitative estimate of drug-likeness (QED) is 0.564. The second-order valence-electron chi connectivity index (χ2n) is 5.37. The van der Waals surface area contributed by atoms with E-state index in [1.165, 1.54) is 11.2 Å². The molecule has 0 heterocycles. The van der Waals surface area contributed by atoms with E-state index in [1.807, 2.05) is 48.5 Å². The summed E-state index contributed by atoms with van der Waals surface area (Å²) in [4.78, 5) is 2.58. The van der Waals surface area contributed by atoms with Crippen LogP contribution in [0.5, 0.6) is 0 Å². The summed E-state index contributed by atoms with van der Waals surface area (Å²) in [6.45, 7) is 0. The first-order valence-electron chi connectivity index (χ1n) is 8.07. The summed E-state index contributed by atoms with van der Waals surface area (Å²) in [6, 6.07) is 28.1. The molecule has 1 unspecified atom stereocenters. The third-order valence-corrected chi connectivity index (χ3v) is 6.03. The van der Waals surface area contributed by atoms with Crippen molar-refractivity contribution in [1.29, 1.82) is 0 Å². The van der Waals surface area contributed by atoms with Crippen molar-refractivity contribution in [2.24, 2.45) is 0 Å². The highest BCUT2D eigenvalue weighted by Crippen LogP contribution is 2.11. The van der Waals surface area contributed by atoms with Crippen LogP contribution in [0.3, 0.4) is 0 Å². The minimum absolute atomic E-state index is 0.370. The molecule has 0 aliphatic heterocycles. The third-order valence-electron chi connectivity index (χ3n) is 3.23. The van der Waals surface area contributed by atoms with E-state index < -0.39 is 20.6 Å². The smallest absolute Gasteiger partial charge is 0.175 e. The van der Waals surface area contributed by atoms with Gasteiger partial charge in [-0.3, -0.25) is 4.21 Å². The maximum absolute atomic E-state index is 10.8. The number of rotatable bonds is 3. The zero-order chi connectivity index (χ0) is 20.1. The summed E-state index contributed by atoms with van der Waals surface area (Å²) in [5, 5.41) is 0. The number of thioether (sulfide) groups is 1. The summed E-state index contributed by atoms with van der Waals surface area (Å²) in [7, 11) is -3.83. The van der Waals surface area contributed by atoms with Gasteiger partial charge in [-0.2, -0.15) is 0 Å². The van der Waals surface area contributed by atoms with Gasteiger partial charge in [0.1, 0.15) is 0 Å². The van der Waals surface area contributed by atoms with Crippen molar-refractivity contribution < 1.29 is 12.6 Å². The number of benzene rings is 3.